The summed E-state index contributed by atoms with van der Waals surface area (Å²) in [4.78, 5) is 17.0. The highest BCUT2D eigenvalue weighted by Gasteiger charge is 2.28. The summed E-state index contributed by atoms with van der Waals surface area (Å²) in [5.74, 6) is 0.824. The van der Waals surface area contributed by atoms with Crippen molar-refractivity contribution in [2.45, 2.75) is 31.1 Å². The molecule has 3 aromatic rings. The molecule has 158 valence electrons. The molecule has 1 atom stereocenters. The van der Waals surface area contributed by atoms with Crippen molar-refractivity contribution in [2.24, 2.45) is 5.92 Å². The molecule has 1 saturated heterocycles. The molecule has 9 heteroatoms. The van der Waals surface area contributed by atoms with Gasteiger partial charge in [-0.3, -0.25) is 4.79 Å². The van der Waals surface area contributed by atoms with Crippen molar-refractivity contribution in [3.8, 4) is 10.8 Å². The Morgan fingerprint density at radius 3 is 2.80 bits per heavy atom. The molecule has 7 nitrogen and oxygen atoms in total. The number of thiazole rings is 1. The molecule has 1 aliphatic rings. The van der Waals surface area contributed by atoms with Gasteiger partial charge in [0.15, 0.2) is 10.8 Å². The summed E-state index contributed by atoms with van der Waals surface area (Å²) in [5, 5.41) is 5.35. The van der Waals surface area contributed by atoms with E-state index in [1.165, 1.54) is 11.3 Å². The molecule has 1 aromatic carbocycles. The summed E-state index contributed by atoms with van der Waals surface area (Å²) in [6.07, 6.45) is 3.65. The van der Waals surface area contributed by atoms with Gasteiger partial charge in [-0.05, 0) is 55.2 Å². The van der Waals surface area contributed by atoms with E-state index >= 15 is 0 Å². The maximum atomic E-state index is 12.8. The van der Waals surface area contributed by atoms with Crippen LogP contribution in [0.5, 0.6) is 0 Å². The third-order valence-corrected chi connectivity index (χ3v) is 7.81. The average molecular weight is 446 g/mol. The maximum absolute atomic E-state index is 12.8. The fourth-order valence-electron chi connectivity index (χ4n) is 3.50. The van der Waals surface area contributed by atoms with E-state index in [1.54, 1.807) is 40.9 Å². The Morgan fingerprint density at radius 2 is 2.10 bits per heavy atom. The molecule has 4 rings (SSSR count). The number of aromatic nitrogens is 1. The monoisotopic (exact) mass is 445 g/mol. The molecule has 1 fully saturated rings. The lowest BCUT2D eigenvalue weighted by Gasteiger charge is -2.30. The van der Waals surface area contributed by atoms with Crippen molar-refractivity contribution >= 4 is 33.0 Å². The topological polar surface area (TPSA) is 92.5 Å². The third-order valence-electron chi connectivity index (χ3n) is 5.02. The molecule has 0 saturated carbocycles. The van der Waals surface area contributed by atoms with E-state index in [2.05, 4.69) is 17.2 Å². The van der Waals surface area contributed by atoms with Crippen LogP contribution >= 0.6 is 11.3 Å². The van der Waals surface area contributed by atoms with Gasteiger partial charge in [-0.15, -0.1) is 11.3 Å². The predicted molar refractivity (Wildman–Crippen MR) is 116 cm³/mol. The number of amides is 1. The Kier molecular flexibility index (Phi) is 6.03. The quantitative estimate of drug-likeness (QED) is 0.619. The van der Waals surface area contributed by atoms with Crippen molar-refractivity contribution in [3.05, 3.63) is 53.7 Å². The second-order valence-corrected chi connectivity index (χ2v) is 10.3. The van der Waals surface area contributed by atoms with Gasteiger partial charge in [-0.1, -0.05) is 6.92 Å². The number of sulfonamides is 1. The van der Waals surface area contributed by atoms with E-state index in [0.29, 0.717) is 36.1 Å². The first-order valence-corrected chi connectivity index (χ1v) is 12.1. The largest absolute Gasteiger partial charge is 0.462 e. The number of anilines is 1. The van der Waals surface area contributed by atoms with Gasteiger partial charge < -0.3 is 9.73 Å². The molecule has 3 heterocycles. The van der Waals surface area contributed by atoms with E-state index < -0.39 is 10.0 Å². The highest BCUT2D eigenvalue weighted by molar-refractivity contribution is 7.89. The molecule has 0 radical (unpaired) electrons. The van der Waals surface area contributed by atoms with Gasteiger partial charge in [0, 0.05) is 24.2 Å². The molecule has 1 N–H and O–H groups in total. The Hall–Kier alpha value is -2.49. The number of benzene rings is 1. The van der Waals surface area contributed by atoms with Crippen LogP contribution in [-0.4, -0.2) is 36.7 Å². The van der Waals surface area contributed by atoms with Gasteiger partial charge in [-0.2, -0.15) is 4.31 Å². The molecular weight excluding hydrogens is 422 g/mol. The van der Waals surface area contributed by atoms with Gasteiger partial charge in [-0.25, -0.2) is 13.4 Å². The minimum absolute atomic E-state index is 0.128. The minimum atomic E-state index is -3.50. The summed E-state index contributed by atoms with van der Waals surface area (Å²) >= 11 is 1.42. The van der Waals surface area contributed by atoms with Gasteiger partial charge >= 0.3 is 0 Å². The summed E-state index contributed by atoms with van der Waals surface area (Å²) in [5.41, 5.74) is 1.20. The predicted octanol–water partition coefficient (Wildman–Crippen LogP) is 4.00. The van der Waals surface area contributed by atoms with Crippen LogP contribution < -0.4 is 5.32 Å². The first-order valence-electron chi connectivity index (χ1n) is 9.80. The number of hydrogen-bond acceptors (Lipinski definition) is 6. The molecule has 0 aliphatic carbocycles. The number of carbonyl (C=O) groups is 1. The zero-order valence-corrected chi connectivity index (χ0v) is 18.2. The SMILES string of the molecule is CC1CCCN(S(=O)(=O)c2ccc(NC(=O)Cc3csc(-c4ccco4)n3)cc2)C1. The van der Waals surface area contributed by atoms with Crippen molar-refractivity contribution in [2.75, 3.05) is 18.4 Å². The van der Waals surface area contributed by atoms with Crippen molar-refractivity contribution in [1.29, 1.82) is 0 Å². The fraction of sp³-hybridized carbons (Fsp3) is 0.333. The normalized spacial score (nSPS) is 17.7. The van der Waals surface area contributed by atoms with E-state index in [1.807, 2.05) is 11.4 Å². The van der Waals surface area contributed by atoms with Gasteiger partial charge in [0.2, 0.25) is 15.9 Å². The number of furan rings is 1. The smallest absolute Gasteiger partial charge is 0.243 e. The van der Waals surface area contributed by atoms with Crippen molar-refractivity contribution in [3.63, 3.8) is 0 Å². The highest BCUT2D eigenvalue weighted by atomic mass is 32.2. The molecule has 1 amide bonds. The standard InChI is InChI=1S/C21H23N3O4S2/c1-15-4-2-10-24(13-15)30(26,27)18-8-6-16(7-9-18)22-20(25)12-17-14-29-21(23-17)19-5-3-11-28-19/h3,5-9,11,14-15H,2,4,10,12-13H2,1H3,(H,22,25). The Bertz CT molecular complexity index is 1110. The molecule has 30 heavy (non-hydrogen) atoms. The first-order chi connectivity index (χ1) is 14.4. The lowest BCUT2D eigenvalue weighted by molar-refractivity contribution is -0.115. The average Bonchev–Trinajstić information content (AvgIpc) is 3.40. The number of nitrogens with zero attached hydrogens (tertiary/aromatic N) is 2. The van der Waals surface area contributed by atoms with Crippen LogP contribution in [0, 0.1) is 5.92 Å². The van der Waals surface area contributed by atoms with Gasteiger partial charge in [0.05, 0.1) is 23.3 Å². The summed E-state index contributed by atoms with van der Waals surface area (Å²) < 4.78 is 32.5. The summed E-state index contributed by atoms with van der Waals surface area (Å²) in [7, 11) is -3.50. The molecule has 2 aromatic heterocycles. The van der Waals surface area contributed by atoms with Crippen LogP contribution in [0.4, 0.5) is 5.69 Å². The third kappa shape index (κ3) is 4.63. The first kappa shape index (κ1) is 20.8. The highest BCUT2D eigenvalue weighted by Crippen LogP contribution is 2.25. The lowest BCUT2D eigenvalue weighted by Crippen LogP contribution is -2.39. The second-order valence-electron chi connectivity index (χ2n) is 7.48. The number of carbonyl (C=O) groups excluding carboxylic acids is 1. The zero-order valence-electron chi connectivity index (χ0n) is 16.6. The van der Waals surface area contributed by atoms with Crippen LogP contribution in [0.15, 0.2) is 57.4 Å². The van der Waals surface area contributed by atoms with Crippen LogP contribution in [0.2, 0.25) is 0 Å². The summed E-state index contributed by atoms with van der Waals surface area (Å²) in [6, 6.07) is 9.94. The molecule has 0 bridgehead atoms. The number of hydrogen-bond donors (Lipinski definition) is 1. The molecule has 1 aliphatic heterocycles. The second kappa shape index (κ2) is 8.71. The van der Waals surface area contributed by atoms with E-state index in [0.717, 1.165) is 17.8 Å². The van der Waals surface area contributed by atoms with Crippen molar-refractivity contribution in [1.82, 2.24) is 9.29 Å². The van der Waals surface area contributed by atoms with Crippen LogP contribution in [0.1, 0.15) is 25.5 Å². The zero-order chi connectivity index (χ0) is 21.1. The van der Waals surface area contributed by atoms with Crippen molar-refractivity contribution < 1.29 is 17.6 Å². The Labute approximate surface area is 179 Å². The number of nitrogens with one attached hydrogen (secondary N) is 1. The van der Waals surface area contributed by atoms with E-state index in [4.69, 9.17) is 4.42 Å². The van der Waals surface area contributed by atoms with Crippen LogP contribution in [0.25, 0.3) is 10.8 Å². The molecule has 1 unspecified atom stereocenters. The van der Waals surface area contributed by atoms with Crippen LogP contribution in [-0.2, 0) is 21.2 Å². The Morgan fingerprint density at radius 1 is 1.30 bits per heavy atom. The number of rotatable bonds is 6. The van der Waals surface area contributed by atoms with Gasteiger partial charge in [0.25, 0.3) is 0 Å². The van der Waals surface area contributed by atoms with E-state index in [-0.39, 0.29) is 17.2 Å². The number of piperidine rings is 1. The van der Waals surface area contributed by atoms with Gasteiger partial charge in [0.1, 0.15) is 0 Å². The minimum Gasteiger partial charge on any atom is -0.462 e. The lowest BCUT2D eigenvalue weighted by atomic mass is 10.0. The molecular formula is C21H23N3O4S2. The summed E-state index contributed by atoms with van der Waals surface area (Å²) in [6.45, 7) is 3.17. The fourth-order valence-corrected chi connectivity index (χ4v) is 5.88. The van der Waals surface area contributed by atoms with E-state index in [9.17, 15) is 13.2 Å². The van der Waals surface area contributed by atoms with Crippen LogP contribution in [0.3, 0.4) is 0 Å². The molecule has 0 spiro atoms. The maximum Gasteiger partial charge on any atom is 0.243 e. The Balaban J connectivity index is 1.38.